The van der Waals surface area contributed by atoms with Gasteiger partial charge < -0.3 is 14.8 Å². The number of pyridine rings is 1. The maximum Gasteiger partial charge on any atom is 0.433 e. The van der Waals surface area contributed by atoms with Crippen LogP contribution in [0.25, 0.3) is 10.9 Å². The minimum atomic E-state index is -4.66. The second-order valence-corrected chi connectivity index (χ2v) is 6.75. The average Bonchev–Trinajstić information content (AvgIpc) is 3.12. The number of halogens is 3. The number of ether oxygens (including phenoxy) is 2. The topological polar surface area (TPSA) is 95.3 Å². The molecule has 3 rings (SSSR count). The van der Waals surface area contributed by atoms with Crippen LogP contribution in [-0.4, -0.2) is 40.9 Å². The van der Waals surface area contributed by atoms with Gasteiger partial charge >= 0.3 is 12.1 Å². The van der Waals surface area contributed by atoms with Crippen molar-refractivity contribution in [2.24, 2.45) is 5.92 Å². The lowest BCUT2D eigenvalue weighted by atomic mass is 10.2. The molecule has 1 N–H and O–H groups in total. The summed E-state index contributed by atoms with van der Waals surface area (Å²) in [6, 6.07) is 6.22. The van der Waals surface area contributed by atoms with Crippen molar-refractivity contribution < 1.29 is 32.2 Å². The Kier molecular flexibility index (Phi) is 6.14. The number of carbonyl (C=O) groups is 2. The molecule has 0 aliphatic rings. The van der Waals surface area contributed by atoms with Crippen molar-refractivity contribution in [1.82, 2.24) is 14.8 Å². The molecule has 0 spiro atoms. The summed E-state index contributed by atoms with van der Waals surface area (Å²) in [4.78, 5) is 27.5. The van der Waals surface area contributed by atoms with E-state index in [1.54, 1.807) is 29.9 Å². The Hall–Kier alpha value is -3.63. The Bertz CT molecular complexity index is 1130. The molecule has 31 heavy (non-hydrogen) atoms. The van der Waals surface area contributed by atoms with Gasteiger partial charge in [0.15, 0.2) is 0 Å². The highest BCUT2D eigenvalue weighted by molar-refractivity contribution is 6.05. The number of anilines is 1. The third-order valence-electron chi connectivity index (χ3n) is 4.46. The summed E-state index contributed by atoms with van der Waals surface area (Å²) in [5.74, 6) is -1.36. The predicted octanol–water partition coefficient (Wildman–Crippen LogP) is 3.52. The Morgan fingerprint density at radius 1 is 1.23 bits per heavy atom. The molecule has 1 amide bonds. The zero-order valence-corrected chi connectivity index (χ0v) is 16.9. The minimum Gasteiger partial charge on any atom is -0.494 e. The van der Waals surface area contributed by atoms with Crippen LogP contribution in [0, 0.1) is 5.92 Å². The number of hydrogen-bond acceptors (Lipinski definition) is 6. The number of fused-ring (bicyclic) bond motifs is 1. The summed E-state index contributed by atoms with van der Waals surface area (Å²) in [6.07, 6.45) is -2.99. The monoisotopic (exact) mass is 436 g/mol. The fraction of sp³-hybridized carbons (Fsp3) is 0.300. The van der Waals surface area contributed by atoms with Gasteiger partial charge in [-0.3, -0.25) is 14.3 Å². The van der Waals surface area contributed by atoms with Crippen LogP contribution in [0.3, 0.4) is 0 Å². The van der Waals surface area contributed by atoms with E-state index >= 15 is 0 Å². The highest BCUT2D eigenvalue weighted by atomic mass is 19.4. The molecule has 0 aliphatic heterocycles. The normalized spacial score (nSPS) is 12.5. The molecule has 2 heterocycles. The minimum absolute atomic E-state index is 0.236. The lowest BCUT2D eigenvalue weighted by Crippen LogP contribution is -2.18. The smallest absolute Gasteiger partial charge is 0.433 e. The van der Waals surface area contributed by atoms with E-state index in [1.807, 2.05) is 0 Å². The molecule has 0 saturated heterocycles. The Labute approximate surface area is 175 Å². The maximum absolute atomic E-state index is 12.9. The summed E-state index contributed by atoms with van der Waals surface area (Å²) in [7, 11) is 2.69. The van der Waals surface area contributed by atoms with Gasteiger partial charge in [-0.15, -0.1) is 0 Å². The van der Waals surface area contributed by atoms with Crippen LogP contribution < -0.4 is 10.1 Å². The van der Waals surface area contributed by atoms with Gasteiger partial charge in [-0.1, -0.05) is 13.0 Å². The molecule has 8 nitrogen and oxygen atoms in total. The van der Waals surface area contributed by atoms with E-state index in [0.29, 0.717) is 10.9 Å². The van der Waals surface area contributed by atoms with E-state index < -0.39 is 23.7 Å². The predicted molar refractivity (Wildman–Crippen MR) is 105 cm³/mol. The summed E-state index contributed by atoms with van der Waals surface area (Å²) in [5.41, 5.74) is -0.771. The number of aromatic nitrogens is 3. The number of amides is 1. The molecule has 1 unspecified atom stereocenters. The van der Waals surface area contributed by atoms with Crippen molar-refractivity contribution in [2.75, 3.05) is 19.5 Å². The van der Waals surface area contributed by atoms with Crippen LogP contribution in [0.2, 0.25) is 0 Å². The van der Waals surface area contributed by atoms with Crippen molar-refractivity contribution in [1.29, 1.82) is 0 Å². The van der Waals surface area contributed by atoms with E-state index in [9.17, 15) is 22.8 Å². The number of benzene rings is 1. The van der Waals surface area contributed by atoms with Crippen LogP contribution in [-0.2, 0) is 22.3 Å². The highest BCUT2D eigenvalue weighted by Gasteiger charge is 2.33. The van der Waals surface area contributed by atoms with Gasteiger partial charge in [-0.25, -0.2) is 4.98 Å². The first-order valence-corrected chi connectivity index (χ1v) is 9.11. The van der Waals surface area contributed by atoms with Crippen molar-refractivity contribution in [3.8, 4) is 5.75 Å². The Balaban J connectivity index is 1.88. The van der Waals surface area contributed by atoms with Crippen LogP contribution in [0.15, 0.2) is 36.5 Å². The van der Waals surface area contributed by atoms with E-state index in [2.05, 4.69) is 15.4 Å². The second-order valence-electron chi connectivity index (χ2n) is 6.75. The zero-order chi connectivity index (χ0) is 22.8. The lowest BCUT2D eigenvalue weighted by Gasteiger charge is -2.11. The van der Waals surface area contributed by atoms with E-state index in [4.69, 9.17) is 9.47 Å². The van der Waals surface area contributed by atoms with Gasteiger partial charge in [0.1, 0.15) is 17.1 Å². The molecule has 2 aromatic heterocycles. The molecular weight excluding hydrogens is 417 g/mol. The van der Waals surface area contributed by atoms with E-state index in [0.717, 1.165) is 12.1 Å². The van der Waals surface area contributed by atoms with Gasteiger partial charge in [0.25, 0.3) is 5.91 Å². The number of alkyl halides is 3. The molecule has 0 aliphatic carbocycles. The molecule has 1 atom stereocenters. The van der Waals surface area contributed by atoms with Gasteiger partial charge in [-0.2, -0.15) is 18.3 Å². The fourth-order valence-corrected chi connectivity index (χ4v) is 2.93. The third kappa shape index (κ3) is 4.93. The number of nitrogens with one attached hydrogen (secondary N) is 1. The standard InChI is InChI=1S/C20H19F3N4O4/c1-11(19(29)31-3)9-27-10-12-7-15(16(30-2)8-14(12)26-27)25-18(28)13-5-4-6-17(24-13)20(21,22)23/h4-8,10-11H,9H2,1-3H3,(H,25,28). The van der Waals surface area contributed by atoms with Crippen molar-refractivity contribution in [3.63, 3.8) is 0 Å². The van der Waals surface area contributed by atoms with Gasteiger partial charge in [0.05, 0.1) is 37.9 Å². The number of hydrogen-bond donors (Lipinski definition) is 1. The largest absolute Gasteiger partial charge is 0.494 e. The first kappa shape index (κ1) is 22.1. The summed E-state index contributed by atoms with van der Waals surface area (Å²) < 4.78 is 50.1. The second kappa shape index (κ2) is 8.62. The lowest BCUT2D eigenvalue weighted by molar-refractivity contribution is -0.145. The Morgan fingerprint density at radius 2 is 1.97 bits per heavy atom. The molecule has 0 bridgehead atoms. The van der Waals surface area contributed by atoms with Crippen LogP contribution in [0.5, 0.6) is 5.75 Å². The zero-order valence-electron chi connectivity index (χ0n) is 16.9. The first-order valence-electron chi connectivity index (χ1n) is 9.11. The molecule has 3 aromatic rings. The first-order chi connectivity index (χ1) is 14.6. The van der Waals surface area contributed by atoms with Crippen molar-refractivity contribution in [2.45, 2.75) is 19.6 Å². The van der Waals surface area contributed by atoms with Gasteiger partial charge in [0, 0.05) is 17.6 Å². The van der Waals surface area contributed by atoms with Gasteiger partial charge in [0.2, 0.25) is 0 Å². The van der Waals surface area contributed by atoms with E-state index in [-0.39, 0.29) is 29.6 Å². The molecule has 0 radical (unpaired) electrons. The van der Waals surface area contributed by atoms with Crippen LogP contribution >= 0.6 is 0 Å². The van der Waals surface area contributed by atoms with Crippen molar-refractivity contribution in [3.05, 3.63) is 47.9 Å². The molecule has 164 valence electrons. The van der Waals surface area contributed by atoms with Gasteiger partial charge in [-0.05, 0) is 18.2 Å². The summed E-state index contributed by atoms with van der Waals surface area (Å²) >= 11 is 0. The molecule has 11 heteroatoms. The summed E-state index contributed by atoms with van der Waals surface area (Å²) in [6.45, 7) is 1.98. The average molecular weight is 436 g/mol. The number of esters is 1. The molecule has 0 saturated carbocycles. The fourth-order valence-electron chi connectivity index (χ4n) is 2.93. The highest BCUT2D eigenvalue weighted by Crippen LogP contribution is 2.31. The van der Waals surface area contributed by atoms with Crippen LogP contribution in [0.4, 0.5) is 18.9 Å². The summed E-state index contributed by atoms with van der Waals surface area (Å²) in [5, 5.41) is 7.52. The number of nitrogens with zero attached hydrogens (tertiary/aromatic N) is 3. The quantitative estimate of drug-likeness (QED) is 0.594. The van der Waals surface area contributed by atoms with Crippen molar-refractivity contribution >= 4 is 28.5 Å². The number of methoxy groups -OCH3 is 2. The number of carbonyl (C=O) groups excluding carboxylic acids is 2. The third-order valence-corrected chi connectivity index (χ3v) is 4.46. The molecular formula is C20H19F3N4O4. The Morgan fingerprint density at radius 3 is 2.61 bits per heavy atom. The maximum atomic E-state index is 12.9. The SMILES string of the molecule is COC(=O)C(C)Cn1cc2cc(NC(=O)c3cccc(C(F)(F)F)n3)c(OC)cc2n1. The molecule has 1 aromatic carbocycles. The van der Waals surface area contributed by atoms with Crippen LogP contribution in [0.1, 0.15) is 23.1 Å². The molecule has 0 fully saturated rings. The van der Waals surface area contributed by atoms with E-state index in [1.165, 1.54) is 20.3 Å². The number of rotatable bonds is 6.